The Morgan fingerprint density at radius 1 is 1.27 bits per heavy atom. The van der Waals surface area contributed by atoms with Crippen LogP contribution in [0.15, 0.2) is 23.2 Å². The van der Waals surface area contributed by atoms with E-state index in [1.165, 1.54) is 7.05 Å². The maximum atomic E-state index is 13.5. The number of guanidine groups is 1. The monoisotopic (exact) mass is 314 g/mol. The molecule has 1 aromatic rings. The zero-order chi connectivity index (χ0) is 16.4. The van der Waals surface area contributed by atoms with Gasteiger partial charge in [-0.05, 0) is 18.2 Å². The van der Waals surface area contributed by atoms with E-state index in [0.717, 1.165) is 18.2 Å². The Labute approximate surface area is 128 Å². The van der Waals surface area contributed by atoms with Gasteiger partial charge >= 0.3 is 0 Å². The highest BCUT2D eigenvalue weighted by molar-refractivity contribution is 5.86. The van der Waals surface area contributed by atoms with Gasteiger partial charge in [0.2, 0.25) is 5.91 Å². The molecule has 0 saturated heterocycles. The molecule has 6 nitrogen and oxygen atoms in total. The summed E-state index contributed by atoms with van der Waals surface area (Å²) in [6.45, 7) is 0.901. The van der Waals surface area contributed by atoms with Crippen LogP contribution in [0.2, 0.25) is 0 Å². The van der Waals surface area contributed by atoms with Gasteiger partial charge in [0.15, 0.2) is 5.96 Å². The molecule has 122 valence electrons. The van der Waals surface area contributed by atoms with E-state index in [9.17, 15) is 13.6 Å². The van der Waals surface area contributed by atoms with Crippen molar-refractivity contribution in [3.8, 4) is 0 Å². The molecule has 0 saturated carbocycles. The molecule has 0 aromatic heterocycles. The molecule has 1 amide bonds. The van der Waals surface area contributed by atoms with Crippen molar-refractivity contribution in [2.75, 3.05) is 33.9 Å². The number of benzene rings is 1. The van der Waals surface area contributed by atoms with Crippen LogP contribution in [0.1, 0.15) is 5.56 Å². The summed E-state index contributed by atoms with van der Waals surface area (Å²) in [5.41, 5.74) is 0.174. The Bertz CT molecular complexity index is 524. The number of hydrogen-bond acceptors (Lipinski definition) is 3. The van der Waals surface area contributed by atoms with Gasteiger partial charge in [-0.15, -0.1) is 0 Å². The van der Waals surface area contributed by atoms with Crippen LogP contribution < -0.4 is 16.0 Å². The van der Waals surface area contributed by atoms with Gasteiger partial charge in [0.25, 0.3) is 0 Å². The second-order valence-corrected chi connectivity index (χ2v) is 4.36. The van der Waals surface area contributed by atoms with Crippen molar-refractivity contribution in [2.24, 2.45) is 4.99 Å². The van der Waals surface area contributed by atoms with Crippen molar-refractivity contribution >= 4 is 11.9 Å². The van der Waals surface area contributed by atoms with Gasteiger partial charge in [0.1, 0.15) is 11.6 Å². The van der Waals surface area contributed by atoms with Crippen LogP contribution in [-0.2, 0) is 16.1 Å². The predicted molar refractivity (Wildman–Crippen MR) is 79.4 cm³/mol. The Morgan fingerprint density at radius 3 is 2.73 bits per heavy atom. The van der Waals surface area contributed by atoms with Crippen LogP contribution in [0.25, 0.3) is 0 Å². The molecule has 8 heteroatoms. The first kappa shape index (κ1) is 17.8. The number of nitrogens with zero attached hydrogens (tertiary/aromatic N) is 1. The largest absolute Gasteiger partial charge is 0.383 e. The fourth-order valence-electron chi connectivity index (χ4n) is 1.60. The normalized spacial score (nSPS) is 11.2. The van der Waals surface area contributed by atoms with E-state index in [0.29, 0.717) is 19.1 Å². The number of methoxy groups -OCH3 is 1. The minimum Gasteiger partial charge on any atom is -0.383 e. The number of nitrogens with one attached hydrogen (secondary N) is 3. The van der Waals surface area contributed by atoms with Gasteiger partial charge in [-0.1, -0.05) is 0 Å². The van der Waals surface area contributed by atoms with Gasteiger partial charge < -0.3 is 20.7 Å². The van der Waals surface area contributed by atoms with Gasteiger partial charge in [0, 0.05) is 32.8 Å². The number of hydrogen-bond donors (Lipinski definition) is 3. The van der Waals surface area contributed by atoms with Crippen LogP contribution in [-0.4, -0.2) is 45.7 Å². The van der Waals surface area contributed by atoms with Gasteiger partial charge in [-0.3, -0.25) is 9.79 Å². The fraction of sp³-hybridized carbons (Fsp3) is 0.429. The topological polar surface area (TPSA) is 74.8 Å². The Balaban J connectivity index is 2.39. The van der Waals surface area contributed by atoms with Gasteiger partial charge in [-0.25, -0.2) is 8.78 Å². The molecule has 0 aliphatic rings. The summed E-state index contributed by atoms with van der Waals surface area (Å²) in [4.78, 5) is 15.4. The van der Waals surface area contributed by atoms with Crippen molar-refractivity contribution in [3.05, 3.63) is 35.4 Å². The first-order chi connectivity index (χ1) is 10.6. The Hall–Kier alpha value is -2.22. The van der Waals surface area contributed by atoms with Gasteiger partial charge in [0.05, 0.1) is 13.2 Å². The standard InChI is InChI=1S/C14H20F2N4O2/c1-17-14(20-9-13(21)18-5-6-22-2)19-8-10-7-11(15)3-4-12(10)16/h3-4,7H,5-6,8-9H2,1-2H3,(H,18,21)(H2,17,19,20). The smallest absolute Gasteiger partial charge is 0.239 e. The molecule has 1 aromatic carbocycles. The SMILES string of the molecule is CN=C(NCC(=O)NCCOC)NCc1cc(F)ccc1F. The summed E-state index contributed by atoms with van der Waals surface area (Å²) >= 11 is 0. The molecule has 1 rings (SSSR count). The maximum absolute atomic E-state index is 13.5. The van der Waals surface area contributed by atoms with Crippen LogP contribution >= 0.6 is 0 Å². The number of amides is 1. The Kier molecular flexibility index (Phi) is 7.84. The average Bonchev–Trinajstić information content (AvgIpc) is 2.51. The molecule has 0 radical (unpaired) electrons. The molecule has 0 heterocycles. The summed E-state index contributed by atoms with van der Waals surface area (Å²) in [7, 11) is 3.06. The van der Waals surface area contributed by atoms with Gasteiger partial charge in [-0.2, -0.15) is 0 Å². The molecule has 0 aliphatic carbocycles. The van der Waals surface area contributed by atoms with E-state index in [-0.39, 0.29) is 24.6 Å². The zero-order valence-electron chi connectivity index (χ0n) is 12.6. The molecule has 0 spiro atoms. The number of halogens is 2. The van der Waals surface area contributed by atoms with Crippen LogP contribution in [0.4, 0.5) is 8.78 Å². The van der Waals surface area contributed by atoms with Crippen molar-refractivity contribution in [1.29, 1.82) is 0 Å². The van der Waals surface area contributed by atoms with E-state index in [1.807, 2.05) is 0 Å². The number of rotatable bonds is 7. The van der Waals surface area contributed by atoms with Crippen molar-refractivity contribution in [3.63, 3.8) is 0 Å². The van der Waals surface area contributed by atoms with E-state index < -0.39 is 11.6 Å². The number of carbonyl (C=O) groups is 1. The lowest BCUT2D eigenvalue weighted by Crippen LogP contribution is -2.43. The number of ether oxygens (including phenoxy) is 1. The molecular weight excluding hydrogens is 294 g/mol. The molecule has 22 heavy (non-hydrogen) atoms. The third kappa shape index (κ3) is 6.49. The second kappa shape index (κ2) is 9.67. The summed E-state index contributed by atoms with van der Waals surface area (Å²) in [6, 6.07) is 3.22. The van der Waals surface area contributed by atoms with Crippen LogP contribution in [0.3, 0.4) is 0 Å². The minimum absolute atomic E-state index is 0.00895. The quantitative estimate of drug-likeness (QED) is 0.387. The molecule has 0 atom stereocenters. The van der Waals surface area contributed by atoms with Crippen molar-refractivity contribution in [2.45, 2.75) is 6.54 Å². The highest BCUT2D eigenvalue weighted by atomic mass is 19.1. The first-order valence-electron chi connectivity index (χ1n) is 6.71. The number of carbonyl (C=O) groups excluding carboxylic acids is 1. The fourth-order valence-corrected chi connectivity index (χ4v) is 1.60. The molecule has 3 N–H and O–H groups in total. The van der Waals surface area contributed by atoms with E-state index >= 15 is 0 Å². The highest BCUT2D eigenvalue weighted by Gasteiger charge is 2.06. The first-order valence-corrected chi connectivity index (χ1v) is 6.71. The van der Waals surface area contributed by atoms with Crippen LogP contribution in [0, 0.1) is 11.6 Å². The second-order valence-electron chi connectivity index (χ2n) is 4.36. The molecule has 0 bridgehead atoms. The number of aliphatic imine (C=N–C) groups is 1. The lowest BCUT2D eigenvalue weighted by atomic mass is 10.2. The zero-order valence-corrected chi connectivity index (χ0v) is 12.6. The van der Waals surface area contributed by atoms with E-state index in [4.69, 9.17) is 4.74 Å². The average molecular weight is 314 g/mol. The van der Waals surface area contributed by atoms with E-state index in [1.54, 1.807) is 7.11 Å². The molecule has 0 aliphatic heterocycles. The summed E-state index contributed by atoms with van der Waals surface area (Å²) in [5.74, 6) is -0.942. The summed E-state index contributed by atoms with van der Waals surface area (Å²) in [5, 5.41) is 8.21. The Morgan fingerprint density at radius 2 is 2.05 bits per heavy atom. The molecular formula is C14H20F2N4O2. The lowest BCUT2D eigenvalue weighted by molar-refractivity contribution is -0.120. The van der Waals surface area contributed by atoms with Crippen molar-refractivity contribution < 1.29 is 18.3 Å². The molecule has 0 fully saturated rings. The third-order valence-corrected chi connectivity index (χ3v) is 2.72. The summed E-state index contributed by atoms with van der Waals surface area (Å²) in [6.07, 6.45) is 0. The highest BCUT2D eigenvalue weighted by Crippen LogP contribution is 2.08. The summed E-state index contributed by atoms with van der Waals surface area (Å²) < 4.78 is 31.3. The predicted octanol–water partition coefficient (Wildman–Crippen LogP) is 0.392. The van der Waals surface area contributed by atoms with Crippen LogP contribution in [0.5, 0.6) is 0 Å². The van der Waals surface area contributed by atoms with Crippen molar-refractivity contribution in [1.82, 2.24) is 16.0 Å². The van der Waals surface area contributed by atoms with E-state index in [2.05, 4.69) is 20.9 Å². The third-order valence-electron chi connectivity index (χ3n) is 2.72. The lowest BCUT2D eigenvalue weighted by Gasteiger charge is -2.12. The minimum atomic E-state index is -0.515. The maximum Gasteiger partial charge on any atom is 0.239 e. The molecule has 0 unspecified atom stereocenters.